The zero-order chi connectivity index (χ0) is 15.0. The van der Waals surface area contributed by atoms with E-state index in [1.807, 2.05) is 12.1 Å². The minimum atomic E-state index is -0.593. The SMILES string of the molecule is COCCNC(=O)C(C)NC(=O)Cc1ccccc1N. The quantitative estimate of drug-likeness (QED) is 0.486. The number of benzene rings is 1. The lowest BCUT2D eigenvalue weighted by molar-refractivity contribution is -0.128. The van der Waals surface area contributed by atoms with Gasteiger partial charge in [-0.25, -0.2) is 0 Å². The van der Waals surface area contributed by atoms with Crippen LogP contribution >= 0.6 is 0 Å². The molecule has 110 valence electrons. The number of rotatable bonds is 7. The molecule has 4 N–H and O–H groups in total. The van der Waals surface area contributed by atoms with Crippen molar-refractivity contribution >= 4 is 17.5 Å². The first-order valence-corrected chi connectivity index (χ1v) is 6.44. The fraction of sp³-hybridized carbons (Fsp3) is 0.429. The van der Waals surface area contributed by atoms with E-state index in [1.165, 1.54) is 0 Å². The Kier molecular flexibility index (Phi) is 6.52. The van der Waals surface area contributed by atoms with Crippen molar-refractivity contribution in [2.75, 3.05) is 26.0 Å². The smallest absolute Gasteiger partial charge is 0.242 e. The summed E-state index contributed by atoms with van der Waals surface area (Å²) in [7, 11) is 1.56. The molecule has 1 atom stereocenters. The van der Waals surface area contributed by atoms with Crippen LogP contribution in [0.4, 0.5) is 5.69 Å². The summed E-state index contributed by atoms with van der Waals surface area (Å²) >= 11 is 0. The fourth-order valence-electron chi connectivity index (χ4n) is 1.66. The van der Waals surface area contributed by atoms with Gasteiger partial charge in [-0.3, -0.25) is 9.59 Å². The molecule has 0 radical (unpaired) electrons. The molecule has 2 amide bonds. The normalized spacial score (nSPS) is 11.7. The number of nitrogens with one attached hydrogen (secondary N) is 2. The van der Waals surface area contributed by atoms with E-state index in [0.717, 1.165) is 5.56 Å². The van der Waals surface area contributed by atoms with E-state index in [9.17, 15) is 9.59 Å². The summed E-state index contributed by atoms with van der Waals surface area (Å²) in [6.07, 6.45) is 0.155. The van der Waals surface area contributed by atoms with Crippen LogP contribution in [0.15, 0.2) is 24.3 Å². The van der Waals surface area contributed by atoms with Crippen LogP contribution in [0.2, 0.25) is 0 Å². The van der Waals surface area contributed by atoms with Gasteiger partial charge in [0.25, 0.3) is 0 Å². The number of anilines is 1. The Balaban J connectivity index is 2.42. The number of ether oxygens (including phenoxy) is 1. The lowest BCUT2D eigenvalue weighted by atomic mass is 10.1. The van der Waals surface area contributed by atoms with Crippen LogP contribution in [-0.2, 0) is 20.7 Å². The molecule has 0 aliphatic heterocycles. The number of carbonyl (C=O) groups is 2. The van der Waals surface area contributed by atoms with Crippen LogP contribution in [-0.4, -0.2) is 38.1 Å². The number of nitrogens with two attached hydrogens (primary N) is 1. The van der Waals surface area contributed by atoms with E-state index in [0.29, 0.717) is 18.8 Å². The molecule has 1 unspecified atom stereocenters. The van der Waals surface area contributed by atoms with Gasteiger partial charge in [-0.1, -0.05) is 18.2 Å². The predicted octanol–water partition coefficient (Wildman–Crippen LogP) is 0.0786. The molecule has 1 rings (SSSR count). The highest BCUT2D eigenvalue weighted by atomic mass is 16.5. The molecule has 0 fully saturated rings. The lowest BCUT2D eigenvalue weighted by Gasteiger charge is -2.14. The van der Waals surface area contributed by atoms with Gasteiger partial charge in [0.15, 0.2) is 0 Å². The first kappa shape index (κ1) is 16.0. The molecule has 6 nitrogen and oxygen atoms in total. The van der Waals surface area contributed by atoms with Crippen LogP contribution in [0.3, 0.4) is 0 Å². The first-order chi connectivity index (χ1) is 9.54. The Labute approximate surface area is 118 Å². The van der Waals surface area contributed by atoms with Crippen molar-refractivity contribution in [3.63, 3.8) is 0 Å². The van der Waals surface area contributed by atoms with Crippen LogP contribution in [0.1, 0.15) is 12.5 Å². The summed E-state index contributed by atoms with van der Waals surface area (Å²) in [6.45, 7) is 2.49. The van der Waals surface area contributed by atoms with E-state index < -0.39 is 6.04 Å². The van der Waals surface area contributed by atoms with E-state index in [2.05, 4.69) is 10.6 Å². The Hall–Kier alpha value is -2.08. The van der Waals surface area contributed by atoms with Crippen LogP contribution in [0, 0.1) is 0 Å². The number of para-hydroxylation sites is 1. The maximum atomic E-state index is 11.8. The van der Waals surface area contributed by atoms with Crippen molar-refractivity contribution in [3.05, 3.63) is 29.8 Å². The molecule has 1 aromatic rings. The third kappa shape index (κ3) is 5.27. The van der Waals surface area contributed by atoms with Gasteiger partial charge in [-0.15, -0.1) is 0 Å². The van der Waals surface area contributed by atoms with Gasteiger partial charge < -0.3 is 21.1 Å². The van der Waals surface area contributed by atoms with Gasteiger partial charge in [0, 0.05) is 19.3 Å². The molecule has 0 saturated heterocycles. The molecular weight excluding hydrogens is 258 g/mol. The average Bonchev–Trinajstić information content (AvgIpc) is 2.41. The monoisotopic (exact) mass is 279 g/mol. The zero-order valence-electron chi connectivity index (χ0n) is 11.8. The zero-order valence-corrected chi connectivity index (χ0v) is 11.8. The predicted molar refractivity (Wildman–Crippen MR) is 77.0 cm³/mol. The van der Waals surface area contributed by atoms with E-state index in [-0.39, 0.29) is 18.2 Å². The van der Waals surface area contributed by atoms with Crippen LogP contribution in [0.25, 0.3) is 0 Å². The van der Waals surface area contributed by atoms with Gasteiger partial charge in [-0.05, 0) is 18.6 Å². The topological polar surface area (TPSA) is 93.5 Å². The summed E-state index contributed by atoms with van der Waals surface area (Å²) in [4.78, 5) is 23.5. The minimum Gasteiger partial charge on any atom is -0.398 e. The minimum absolute atomic E-state index is 0.155. The molecule has 6 heteroatoms. The summed E-state index contributed by atoms with van der Waals surface area (Å²) in [5.41, 5.74) is 7.08. The Bertz CT molecular complexity index is 463. The molecule has 0 aliphatic carbocycles. The maximum Gasteiger partial charge on any atom is 0.242 e. The molecule has 20 heavy (non-hydrogen) atoms. The highest BCUT2D eigenvalue weighted by Crippen LogP contribution is 2.10. The molecule has 0 saturated carbocycles. The largest absolute Gasteiger partial charge is 0.398 e. The average molecular weight is 279 g/mol. The van der Waals surface area contributed by atoms with Crippen LogP contribution < -0.4 is 16.4 Å². The van der Waals surface area contributed by atoms with E-state index in [4.69, 9.17) is 10.5 Å². The second kappa shape index (κ2) is 8.16. The van der Waals surface area contributed by atoms with Crippen molar-refractivity contribution in [2.45, 2.75) is 19.4 Å². The number of carbonyl (C=O) groups excluding carboxylic acids is 2. The molecule has 1 aromatic carbocycles. The van der Waals surface area contributed by atoms with Crippen molar-refractivity contribution < 1.29 is 14.3 Å². The van der Waals surface area contributed by atoms with Crippen molar-refractivity contribution in [1.82, 2.24) is 10.6 Å². The standard InChI is InChI=1S/C14H21N3O3/c1-10(14(19)16-7-8-20-2)17-13(18)9-11-5-3-4-6-12(11)15/h3-6,10H,7-9,15H2,1-2H3,(H,16,19)(H,17,18). The van der Waals surface area contributed by atoms with E-state index in [1.54, 1.807) is 26.2 Å². The van der Waals surface area contributed by atoms with Crippen molar-refractivity contribution in [2.24, 2.45) is 0 Å². The summed E-state index contributed by atoms with van der Waals surface area (Å²) in [5.74, 6) is -0.478. The molecule has 0 bridgehead atoms. The second-order valence-electron chi connectivity index (χ2n) is 4.45. The number of hydrogen-bond acceptors (Lipinski definition) is 4. The Morgan fingerprint density at radius 3 is 2.70 bits per heavy atom. The maximum absolute atomic E-state index is 11.8. The molecule has 0 aromatic heterocycles. The summed E-state index contributed by atoms with van der Waals surface area (Å²) < 4.78 is 4.83. The Morgan fingerprint density at radius 2 is 2.05 bits per heavy atom. The molecule has 0 spiro atoms. The molecule has 0 heterocycles. The van der Waals surface area contributed by atoms with Gasteiger partial charge in [0.1, 0.15) is 6.04 Å². The van der Waals surface area contributed by atoms with Crippen LogP contribution in [0.5, 0.6) is 0 Å². The van der Waals surface area contributed by atoms with Gasteiger partial charge in [-0.2, -0.15) is 0 Å². The number of nitrogen functional groups attached to an aromatic ring is 1. The lowest BCUT2D eigenvalue weighted by Crippen LogP contribution is -2.46. The summed E-state index contributed by atoms with van der Waals surface area (Å²) in [5, 5.41) is 5.30. The number of methoxy groups -OCH3 is 1. The van der Waals surface area contributed by atoms with Crippen molar-refractivity contribution in [1.29, 1.82) is 0 Å². The summed E-state index contributed by atoms with van der Waals surface area (Å²) in [6, 6.07) is 6.56. The highest BCUT2D eigenvalue weighted by molar-refractivity contribution is 5.88. The van der Waals surface area contributed by atoms with Gasteiger partial charge in [0.05, 0.1) is 13.0 Å². The van der Waals surface area contributed by atoms with Gasteiger partial charge in [0.2, 0.25) is 11.8 Å². The van der Waals surface area contributed by atoms with Crippen molar-refractivity contribution in [3.8, 4) is 0 Å². The van der Waals surface area contributed by atoms with Gasteiger partial charge >= 0.3 is 0 Å². The highest BCUT2D eigenvalue weighted by Gasteiger charge is 2.15. The third-order valence-electron chi connectivity index (χ3n) is 2.78. The molecule has 0 aliphatic rings. The first-order valence-electron chi connectivity index (χ1n) is 6.44. The number of amides is 2. The Morgan fingerprint density at radius 1 is 1.35 bits per heavy atom. The second-order valence-corrected chi connectivity index (χ2v) is 4.45. The fourth-order valence-corrected chi connectivity index (χ4v) is 1.66. The molecular formula is C14H21N3O3. The van der Waals surface area contributed by atoms with E-state index >= 15 is 0 Å². The third-order valence-corrected chi connectivity index (χ3v) is 2.78. The number of hydrogen-bond donors (Lipinski definition) is 3.